The lowest BCUT2D eigenvalue weighted by atomic mass is 10.1. The molecular weight excluding hydrogens is 410 g/mol. The van der Waals surface area contributed by atoms with E-state index in [-0.39, 0.29) is 6.10 Å². The Hall–Kier alpha value is -1.12. The molecule has 29 heavy (non-hydrogen) atoms. The highest BCUT2D eigenvalue weighted by atomic mass is 35.5. The van der Waals surface area contributed by atoms with Gasteiger partial charge in [-0.05, 0) is 63.5 Å². The third kappa shape index (κ3) is 9.05. The standard InChI is InChI=1S/C21H34ClN3O3S/c1-3-14-24(2)15-6-4-5-7-18-28-21-12-16-25(17-13-21)29(26,27)23-20-10-8-19(22)9-11-20/h3,8-11,21,23H,1,4-7,12-18H2,2H3. The highest BCUT2D eigenvalue weighted by Crippen LogP contribution is 2.20. The topological polar surface area (TPSA) is 61.9 Å². The van der Waals surface area contributed by atoms with E-state index < -0.39 is 10.2 Å². The molecule has 0 amide bonds. The molecule has 0 aliphatic carbocycles. The van der Waals surface area contributed by atoms with Crippen LogP contribution in [-0.2, 0) is 14.9 Å². The smallest absolute Gasteiger partial charge is 0.301 e. The molecule has 0 aromatic heterocycles. The van der Waals surface area contributed by atoms with Gasteiger partial charge in [0, 0.05) is 37.0 Å². The molecule has 0 unspecified atom stereocenters. The van der Waals surface area contributed by atoms with Gasteiger partial charge in [-0.15, -0.1) is 6.58 Å². The number of piperidine rings is 1. The van der Waals surface area contributed by atoms with Gasteiger partial charge in [-0.3, -0.25) is 4.72 Å². The van der Waals surface area contributed by atoms with E-state index in [1.165, 1.54) is 23.6 Å². The Labute approximate surface area is 181 Å². The van der Waals surface area contributed by atoms with Crippen LogP contribution in [0.4, 0.5) is 5.69 Å². The van der Waals surface area contributed by atoms with Crippen LogP contribution in [0.2, 0.25) is 5.02 Å². The first kappa shape index (κ1) is 24.2. The lowest BCUT2D eigenvalue weighted by Crippen LogP contribution is -2.43. The van der Waals surface area contributed by atoms with Gasteiger partial charge in [-0.25, -0.2) is 0 Å². The Morgan fingerprint density at radius 3 is 2.52 bits per heavy atom. The van der Waals surface area contributed by atoms with Gasteiger partial charge in [-0.1, -0.05) is 30.5 Å². The van der Waals surface area contributed by atoms with Crippen molar-refractivity contribution in [2.75, 3.05) is 44.6 Å². The van der Waals surface area contributed by atoms with Crippen molar-refractivity contribution >= 4 is 27.5 Å². The van der Waals surface area contributed by atoms with Gasteiger partial charge in [-0.2, -0.15) is 12.7 Å². The average Bonchev–Trinajstić information content (AvgIpc) is 2.69. The molecule has 1 aliphatic rings. The summed E-state index contributed by atoms with van der Waals surface area (Å²) >= 11 is 5.84. The first-order chi connectivity index (χ1) is 13.9. The summed E-state index contributed by atoms with van der Waals surface area (Å²) in [6.45, 7) is 7.49. The Kier molecular flexibility index (Phi) is 10.4. The molecule has 0 saturated carbocycles. The Bertz CT molecular complexity index is 704. The molecule has 1 fully saturated rings. The number of likely N-dealkylation sites (N-methyl/N-ethyl adjacent to an activating group) is 1. The fourth-order valence-corrected chi connectivity index (χ4v) is 4.75. The first-order valence-electron chi connectivity index (χ1n) is 10.3. The summed E-state index contributed by atoms with van der Waals surface area (Å²) in [5, 5.41) is 0.575. The maximum absolute atomic E-state index is 12.5. The molecule has 6 nitrogen and oxygen atoms in total. The van der Waals surface area contributed by atoms with Gasteiger partial charge in [0.1, 0.15) is 0 Å². The van der Waals surface area contributed by atoms with Crippen molar-refractivity contribution in [1.82, 2.24) is 9.21 Å². The summed E-state index contributed by atoms with van der Waals surface area (Å²) in [7, 11) is -1.43. The summed E-state index contributed by atoms with van der Waals surface area (Å²) < 4.78 is 35.1. The molecular formula is C21H34ClN3O3S. The molecule has 1 aromatic carbocycles. The maximum atomic E-state index is 12.5. The van der Waals surface area contributed by atoms with Crippen LogP contribution in [0.5, 0.6) is 0 Å². The van der Waals surface area contributed by atoms with Gasteiger partial charge < -0.3 is 9.64 Å². The van der Waals surface area contributed by atoms with Gasteiger partial charge in [0.15, 0.2) is 0 Å². The number of hydrogen-bond acceptors (Lipinski definition) is 4. The number of benzene rings is 1. The minimum atomic E-state index is -3.54. The number of hydrogen-bond donors (Lipinski definition) is 1. The molecule has 0 radical (unpaired) electrons. The number of rotatable bonds is 13. The zero-order chi connectivity index (χ0) is 21.1. The molecule has 1 N–H and O–H groups in total. The minimum absolute atomic E-state index is 0.149. The van der Waals surface area contributed by atoms with Gasteiger partial charge >= 0.3 is 10.2 Å². The second-order valence-corrected chi connectivity index (χ2v) is 9.66. The summed E-state index contributed by atoms with van der Waals surface area (Å²) in [5.74, 6) is 0. The molecule has 1 aliphatic heterocycles. The number of nitrogens with zero attached hydrogens (tertiary/aromatic N) is 2. The highest BCUT2D eigenvalue weighted by molar-refractivity contribution is 7.90. The number of anilines is 1. The van der Waals surface area contributed by atoms with Crippen LogP contribution in [0, 0.1) is 0 Å². The summed E-state index contributed by atoms with van der Waals surface area (Å²) in [6, 6.07) is 6.65. The van der Waals surface area contributed by atoms with Crippen molar-refractivity contribution in [2.24, 2.45) is 0 Å². The van der Waals surface area contributed by atoms with Gasteiger partial charge in [0.25, 0.3) is 0 Å². The van der Waals surface area contributed by atoms with Gasteiger partial charge in [0.05, 0.1) is 6.10 Å². The van der Waals surface area contributed by atoms with Crippen LogP contribution in [0.25, 0.3) is 0 Å². The maximum Gasteiger partial charge on any atom is 0.301 e. The molecule has 0 spiro atoms. The van der Waals surface area contributed by atoms with E-state index in [9.17, 15) is 8.42 Å². The number of ether oxygens (including phenoxy) is 1. The van der Waals surface area contributed by atoms with E-state index in [1.54, 1.807) is 24.3 Å². The van der Waals surface area contributed by atoms with Gasteiger partial charge in [0.2, 0.25) is 0 Å². The molecule has 1 heterocycles. The zero-order valence-corrected chi connectivity index (χ0v) is 18.9. The second-order valence-electron chi connectivity index (χ2n) is 7.55. The molecule has 2 rings (SSSR count). The Morgan fingerprint density at radius 1 is 1.21 bits per heavy atom. The molecule has 164 valence electrons. The SMILES string of the molecule is C=CCN(C)CCCCCCOC1CCN(S(=O)(=O)Nc2ccc(Cl)cc2)CC1. The third-order valence-corrected chi connectivity index (χ3v) is 6.85. The van der Waals surface area contributed by atoms with E-state index in [1.807, 2.05) is 6.08 Å². The molecule has 0 bridgehead atoms. The fraction of sp³-hybridized carbons (Fsp3) is 0.619. The Balaban J connectivity index is 1.59. The third-order valence-electron chi connectivity index (χ3n) is 5.06. The Morgan fingerprint density at radius 2 is 1.86 bits per heavy atom. The van der Waals surface area contributed by atoms with Crippen LogP contribution in [0.3, 0.4) is 0 Å². The van der Waals surface area contributed by atoms with Crippen LogP contribution in [0.15, 0.2) is 36.9 Å². The van der Waals surface area contributed by atoms with Crippen molar-refractivity contribution in [3.8, 4) is 0 Å². The summed E-state index contributed by atoms with van der Waals surface area (Å²) in [6.07, 6.45) is 8.16. The van der Waals surface area contributed by atoms with Crippen LogP contribution in [0.1, 0.15) is 38.5 Å². The van der Waals surface area contributed by atoms with Crippen LogP contribution in [-0.4, -0.2) is 63.6 Å². The van der Waals surface area contributed by atoms with Crippen LogP contribution < -0.4 is 4.72 Å². The second kappa shape index (κ2) is 12.5. The van der Waals surface area contributed by atoms with E-state index >= 15 is 0 Å². The lowest BCUT2D eigenvalue weighted by Gasteiger charge is -2.31. The first-order valence-corrected chi connectivity index (χ1v) is 12.2. The average molecular weight is 444 g/mol. The molecule has 8 heteroatoms. The predicted molar refractivity (Wildman–Crippen MR) is 121 cm³/mol. The monoisotopic (exact) mass is 443 g/mol. The lowest BCUT2D eigenvalue weighted by molar-refractivity contribution is 0.0193. The van der Waals surface area contributed by atoms with E-state index in [0.717, 1.165) is 39.0 Å². The number of halogens is 1. The number of nitrogens with one attached hydrogen (secondary N) is 1. The predicted octanol–water partition coefficient (Wildman–Crippen LogP) is 4.16. The summed E-state index contributed by atoms with van der Waals surface area (Å²) in [4.78, 5) is 2.27. The van der Waals surface area contributed by atoms with E-state index in [0.29, 0.717) is 23.8 Å². The van der Waals surface area contributed by atoms with Crippen molar-refractivity contribution in [2.45, 2.75) is 44.6 Å². The quantitative estimate of drug-likeness (QED) is 0.367. The normalized spacial score (nSPS) is 16.2. The van der Waals surface area contributed by atoms with Crippen molar-refractivity contribution in [3.05, 3.63) is 41.9 Å². The zero-order valence-electron chi connectivity index (χ0n) is 17.4. The minimum Gasteiger partial charge on any atom is -0.378 e. The largest absolute Gasteiger partial charge is 0.378 e. The molecule has 1 aromatic rings. The number of unbranched alkanes of at least 4 members (excludes halogenated alkanes) is 3. The molecule has 0 atom stereocenters. The van der Waals surface area contributed by atoms with E-state index in [2.05, 4.69) is 23.2 Å². The fourth-order valence-electron chi connectivity index (χ4n) is 3.37. The van der Waals surface area contributed by atoms with E-state index in [4.69, 9.17) is 16.3 Å². The van der Waals surface area contributed by atoms with Crippen molar-refractivity contribution < 1.29 is 13.2 Å². The van der Waals surface area contributed by atoms with Crippen molar-refractivity contribution in [1.29, 1.82) is 0 Å². The summed E-state index contributed by atoms with van der Waals surface area (Å²) in [5.41, 5.74) is 0.517. The van der Waals surface area contributed by atoms with Crippen LogP contribution >= 0.6 is 11.6 Å². The molecule has 1 saturated heterocycles. The van der Waals surface area contributed by atoms with Crippen molar-refractivity contribution in [3.63, 3.8) is 0 Å². The highest BCUT2D eigenvalue weighted by Gasteiger charge is 2.28.